The number of nitrogens with two attached hydrogens (primary N) is 1. The number of thioether (sulfide) groups is 1. The quantitative estimate of drug-likeness (QED) is 0.602. The Labute approximate surface area is 98.4 Å². The van der Waals surface area contributed by atoms with E-state index in [0.717, 1.165) is 17.3 Å². The number of carbonyl (C=O) groups excluding carboxylic acids is 1. The molecule has 0 aromatic heterocycles. The molecule has 0 saturated carbocycles. The molecule has 1 rings (SSSR count). The first-order valence-corrected chi connectivity index (χ1v) is 5.67. The van der Waals surface area contributed by atoms with Crippen molar-refractivity contribution >= 4 is 22.6 Å². The zero-order valence-electron chi connectivity index (χ0n) is 9.13. The molecule has 2 N–H and O–H groups in total. The summed E-state index contributed by atoms with van der Waals surface area (Å²) in [6, 6.07) is 2.87. The molecule has 0 unspecified atom stereocenters. The number of halogens is 1. The topological polar surface area (TPSA) is 43.1 Å². The number of benzene rings is 1. The largest absolute Gasteiger partial charge is 0.398 e. The van der Waals surface area contributed by atoms with Gasteiger partial charge in [-0.1, -0.05) is 23.6 Å². The second-order valence-electron chi connectivity index (χ2n) is 3.27. The fourth-order valence-corrected chi connectivity index (χ4v) is 1.41. The van der Waals surface area contributed by atoms with E-state index in [0.29, 0.717) is 17.0 Å². The van der Waals surface area contributed by atoms with Gasteiger partial charge in [0.2, 0.25) is 0 Å². The zero-order valence-corrected chi connectivity index (χ0v) is 9.95. The van der Waals surface area contributed by atoms with Crippen molar-refractivity contribution in [1.29, 1.82) is 0 Å². The number of anilines is 1. The maximum Gasteiger partial charge on any atom is 0.186 e. The first-order chi connectivity index (χ1) is 7.50. The summed E-state index contributed by atoms with van der Waals surface area (Å²) in [5.74, 6) is 5.36. The molecular formula is C12H12FNOS. The van der Waals surface area contributed by atoms with Crippen LogP contribution in [0.4, 0.5) is 10.1 Å². The van der Waals surface area contributed by atoms with E-state index < -0.39 is 5.82 Å². The highest BCUT2D eigenvalue weighted by molar-refractivity contribution is 8.13. The molecule has 1 aromatic rings. The number of hydrogen-bond donors (Lipinski definition) is 1. The van der Waals surface area contributed by atoms with Crippen LogP contribution in [0.15, 0.2) is 12.1 Å². The minimum absolute atomic E-state index is 0.00302. The molecule has 2 nitrogen and oxygen atoms in total. The second-order valence-corrected chi connectivity index (χ2v) is 4.42. The molecule has 0 radical (unpaired) electrons. The highest BCUT2D eigenvalue weighted by Gasteiger charge is 2.02. The zero-order chi connectivity index (χ0) is 12.1. The Morgan fingerprint density at radius 2 is 2.25 bits per heavy atom. The van der Waals surface area contributed by atoms with E-state index in [9.17, 15) is 9.18 Å². The summed E-state index contributed by atoms with van der Waals surface area (Å²) in [5, 5.41) is 0.00302. The highest BCUT2D eigenvalue weighted by Crippen LogP contribution is 2.16. The highest BCUT2D eigenvalue weighted by atomic mass is 32.2. The standard InChI is InChI=1S/C12H12FNOS/c1-8-6-10(11(13)7-12(8)14)4-3-5-16-9(2)15/h6-7H,5,14H2,1-2H3. The Bertz CT molecular complexity index is 474. The molecule has 16 heavy (non-hydrogen) atoms. The van der Waals surface area contributed by atoms with Gasteiger partial charge in [0.25, 0.3) is 0 Å². The van der Waals surface area contributed by atoms with Gasteiger partial charge < -0.3 is 5.73 Å². The fraction of sp³-hybridized carbons (Fsp3) is 0.250. The van der Waals surface area contributed by atoms with Crippen molar-refractivity contribution in [1.82, 2.24) is 0 Å². The van der Waals surface area contributed by atoms with Gasteiger partial charge in [-0.25, -0.2) is 4.39 Å². The van der Waals surface area contributed by atoms with Crippen LogP contribution in [0.2, 0.25) is 0 Å². The van der Waals surface area contributed by atoms with Gasteiger partial charge in [0.15, 0.2) is 5.12 Å². The van der Waals surface area contributed by atoms with Crippen molar-refractivity contribution in [3.8, 4) is 11.8 Å². The molecular weight excluding hydrogens is 225 g/mol. The van der Waals surface area contributed by atoms with Crippen LogP contribution < -0.4 is 5.73 Å². The normalized spacial score (nSPS) is 9.44. The molecule has 0 aliphatic carbocycles. The molecule has 0 bridgehead atoms. The Kier molecular flexibility index (Phi) is 4.39. The van der Waals surface area contributed by atoms with Crippen molar-refractivity contribution in [3.63, 3.8) is 0 Å². The van der Waals surface area contributed by atoms with Crippen LogP contribution in [0.25, 0.3) is 0 Å². The van der Waals surface area contributed by atoms with Gasteiger partial charge in [-0.05, 0) is 24.6 Å². The van der Waals surface area contributed by atoms with Gasteiger partial charge in [-0.15, -0.1) is 0 Å². The summed E-state index contributed by atoms with van der Waals surface area (Å²) < 4.78 is 13.4. The summed E-state index contributed by atoms with van der Waals surface area (Å²) >= 11 is 1.10. The monoisotopic (exact) mass is 237 g/mol. The number of rotatable bonds is 1. The number of hydrogen-bond acceptors (Lipinski definition) is 3. The SMILES string of the molecule is CC(=O)SCC#Cc1cc(C)c(N)cc1F. The Balaban J connectivity index is 2.81. The smallest absolute Gasteiger partial charge is 0.186 e. The van der Waals surface area contributed by atoms with Crippen LogP contribution in [0, 0.1) is 24.6 Å². The lowest BCUT2D eigenvalue weighted by atomic mass is 10.1. The number of aryl methyl sites for hydroxylation is 1. The van der Waals surface area contributed by atoms with Crippen LogP contribution >= 0.6 is 11.8 Å². The third-order valence-electron chi connectivity index (χ3n) is 1.93. The first-order valence-electron chi connectivity index (χ1n) is 4.68. The third-order valence-corrected chi connectivity index (χ3v) is 2.62. The van der Waals surface area contributed by atoms with Gasteiger partial charge >= 0.3 is 0 Å². The van der Waals surface area contributed by atoms with Crippen LogP contribution in [0.1, 0.15) is 18.1 Å². The van der Waals surface area contributed by atoms with Crippen LogP contribution in [0.5, 0.6) is 0 Å². The predicted octanol–water partition coefficient (Wildman–Crippen LogP) is 2.35. The van der Waals surface area contributed by atoms with E-state index in [4.69, 9.17) is 5.73 Å². The average molecular weight is 237 g/mol. The van der Waals surface area contributed by atoms with Crippen LogP contribution in [-0.2, 0) is 4.79 Å². The lowest BCUT2D eigenvalue weighted by molar-refractivity contribution is -0.109. The van der Waals surface area contributed by atoms with Crippen molar-refractivity contribution in [3.05, 3.63) is 29.1 Å². The minimum atomic E-state index is -0.427. The van der Waals surface area contributed by atoms with Crippen molar-refractivity contribution in [2.24, 2.45) is 0 Å². The molecule has 0 spiro atoms. The van der Waals surface area contributed by atoms with Gasteiger partial charge in [-0.2, -0.15) is 0 Å². The van der Waals surface area contributed by atoms with E-state index in [1.165, 1.54) is 13.0 Å². The summed E-state index contributed by atoms with van der Waals surface area (Å²) in [5.41, 5.74) is 7.08. The van der Waals surface area contributed by atoms with Crippen molar-refractivity contribution in [2.45, 2.75) is 13.8 Å². The average Bonchev–Trinajstić information content (AvgIpc) is 2.19. The Hall–Kier alpha value is -1.47. The second kappa shape index (κ2) is 5.57. The lowest BCUT2D eigenvalue weighted by Gasteiger charge is -2.01. The Morgan fingerprint density at radius 3 is 2.88 bits per heavy atom. The van der Waals surface area contributed by atoms with E-state index in [-0.39, 0.29) is 5.12 Å². The molecule has 0 heterocycles. The van der Waals surface area contributed by atoms with E-state index in [1.807, 2.05) is 0 Å². The third kappa shape index (κ3) is 3.59. The van der Waals surface area contributed by atoms with Gasteiger partial charge in [0.05, 0.1) is 11.3 Å². The molecule has 0 aliphatic rings. The molecule has 1 aromatic carbocycles. The van der Waals surface area contributed by atoms with E-state index in [1.54, 1.807) is 13.0 Å². The van der Waals surface area contributed by atoms with Gasteiger partial charge in [0, 0.05) is 12.6 Å². The molecule has 0 aliphatic heterocycles. The van der Waals surface area contributed by atoms with E-state index >= 15 is 0 Å². The summed E-state index contributed by atoms with van der Waals surface area (Å²) in [7, 11) is 0. The van der Waals surface area contributed by atoms with Crippen molar-refractivity contribution < 1.29 is 9.18 Å². The van der Waals surface area contributed by atoms with Gasteiger partial charge in [-0.3, -0.25) is 4.79 Å². The molecule has 84 valence electrons. The van der Waals surface area contributed by atoms with Gasteiger partial charge in [0.1, 0.15) is 5.82 Å². The fourth-order valence-electron chi connectivity index (χ4n) is 1.06. The predicted molar refractivity (Wildman–Crippen MR) is 65.6 cm³/mol. The minimum Gasteiger partial charge on any atom is -0.398 e. The number of nitrogen functional groups attached to an aromatic ring is 1. The van der Waals surface area contributed by atoms with Crippen LogP contribution in [-0.4, -0.2) is 10.9 Å². The summed E-state index contributed by atoms with van der Waals surface area (Å²) in [6.07, 6.45) is 0. The van der Waals surface area contributed by atoms with Crippen LogP contribution in [0.3, 0.4) is 0 Å². The first kappa shape index (κ1) is 12.6. The summed E-state index contributed by atoms with van der Waals surface area (Å²) in [6.45, 7) is 3.27. The molecule has 0 atom stereocenters. The molecule has 0 amide bonds. The molecule has 0 saturated heterocycles. The number of carbonyl (C=O) groups is 1. The lowest BCUT2D eigenvalue weighted by Crippen LogP contribution is -1.94. The maximum absolute atomic E-state index is 13.4. The Morgan fingerprint density at radius 1 is 1.56 bits per heavy atom. The molecule has 4 heteroatoms. The summed E-state index contributed by atoms with van der Waals surface area (Å²) in [4.78, 5) is 10.6. The van der Waals surface area contributed by atoms with Crippen molar-refractivity contribution in [2.75, 3.05) is 11.5 Å². The van der Waals surface area contributed by atoms with E-state index in [2.05, 4.69) is 11.8 Å². The maximum atomic E-state index is 13.4. The molecule has 0 fully saturated rings.